The number of carbonyl (C=O) groups excluding carboxylic acids is 3. The number of anilines is 2. The SMILES string of the molecule is C=CC(=O)N1CCCC[C@@H](n2c(NC(=O)c3ccnc(C)c3)nc3ccc4c(c32)NC(=O)CO4)C1. The summed E-state index contributed by atoms with van der Waals surface area (Å²) in [4.78, 5) is 48.4. The standard InChI is InChI=1S/C25H26N6O4/c1-3-21(33)30-11-5-4-6-17(13-30)31-23-18(7-8-19-22(23)28-20(32)14-35-19)27-25(31)29-24(34)16-9-10-26-15(2)12-16/h3,7-10,12,17H,1,4-6,11,13-14H2,2H3,(H,28,32)(H,27,29,34)/t17-/m1/s1. The second-order valence-corrected chi connectivity index (χ2v) is 8.73. The highest BCUT2D eigenvalue weighted by atomic mass is 16.5. The number of fused-ring (bicyclic) bond motifs is 3. The average molecular weight is 475 g/mol. The highest BCUT2D eigenvalue weighted by Crippen LogP contribution is 2.40. The number of amides is 3. The predicted molar refractivity (Wildman–Crippen MR) is 130 cm³/mol. The van der Waals surface area contributed by atoms with Crippen molar-refractivity contribution in [1.29, 1.82) is 0 Å². The van der Waals surface area contributed by atoms with Crippen molar-refractivity contribution in [2.75, 3.05) is 30.3 Å². The molecule has 1 atom stereocenters. The van der Waals surface area contributed by atoms with E-state index < -0.39 is 0 Å². The lowest BCUT2D eigenvalue weighted by Crippen LogP contribution is -2.34. The molecule has 10 heteroatoms. The largest absolute Gasteiger partial charge is 0.481 e. The van der Waals surface area contributed by atoms with Crippen LogP contribution in [0.25, 0.3) is 11.0 Å². The zero-order chi connectivity index (χ0) is 24.5. The third kappa shape index (κ3) is 4.34. The summed E-state index contributed by atoms with van der Waals surface area (Å²) in [5.74, 6) is 0.144. The monoisotopic (exact) mass is 474 g/mol. The lowest BCUT2D eigenvalue weighted by atomic mass is 10.1. The highest BCUT2D eigenvalue weighted by Gasteiger charge is 2.30. The van der Waals surface area contributed by atoms with Crippen LogP contribution in [0.4, 0.5) is 11.6 Å². The number of nitrogens with one attached hydrogen (secondary N) is 2. The summed E-state index contributed by atoms with van der Waals surface area (Å²) in [6.07, 6.45) is 5.42. The van der Waals surface area contributed by atoms with Crippen LogP contribution in [0.5, 0.6) is 5.75 Å². The van der Waals surface area contributed by atoms with Crippen molar-refractivity contribution in [3.8, 4) is 5.75 Å². The lowest BCUT2D eigenvalue weighted by Gasteiger charge is -2.27. The molecule has 0 aliphatic carbocycles. The minimum absolute atomic E-state index is 0.0668. The van der Waals surface area contributed by atoms with Gasteiger partial charge < -0.3 is 19.5 Å². The number of ether oxygens (including phenoxy) is 1. The molecule has 0 spiro atoms. The van der Waals surface area contributed by atoms with E-state index in [-0.39, 0.29) is 30.4 Å². The van der Waals surface area contributed by atoms with Crippen molar-refractivity contribution in [2.24, 2.45) is 0 Å². The van der Waals surface area contributed by atoms with Gasteiger partial charge in [-0.2, -0.15) is 0 Å². The molecule has 10 nitrogen and oxygen atoms in total. The number of aromatic nitrogens is 3. The molecule has 0 saturated carbocycles. The zero-order valence-corrected chi connectivity index (χ0v) is 19.4. The fourth-order valence-electron chi connectivity index (χ4n) is 4.69. The van der Waals surface area contributed by atoms with Crippen LogP contribution in [0, 0.1) is 6.92 Å². The summed E-state index contributed by atoms with van der Waals surface area (Å²) < 4.78 is 7.56. The van der Waals surface area contributed by atoms with E-state index >= 15 is 0 Å². The molecule has 3 amide bonds. The Balaban J connectivity index is 1.63. The molecule has 180 valence electrons. The first kappa shape index (κ1) is 22.6. The van der Waals surface area contributed by atoms with Crippen molar-refractivity contribution < 1.29 is 19.1 Å². The minimum atomic E-state index is -0.325. The van der Waals surface area contributed by atoms with Crippen molar-refractivity contribution in [1.82, 2.24) is 19.4 Å². The second-order valence-electron chi connectivity index (χ2n) is 8.73. The molecule has 35 heavy (non-hydrogen) atoms. The van der Waals surface area contributed by atoms with Crippen LogP contribution < -0.4 is 15.4 Å². The van der Waals surface area contributed by atoms with Gasteiger partial charge in [0.2, 0.25) is 11.9 Å². The second kappa shape index (κ2) is 9.21. The Morgan fingerprint density at radius 1 is 1.29 bits per heavy atom. The Hall–Kier alpha value is -4.21. The van der Waals surface area contributed by atoms with Gasteiger partial charge in [-0.25, -0.2) is 4.98 Å². The van der Waals surface area contributed by atoms with E-state index in [1.54, 1.807) is 35.4 Å². The van der Waals surface area contributed by atoms with Crippen LogP contribution in [0.2, 0.25) is 0 Å². The van der Waals surface area contributed by atoms with Gasteiger partial charge in [0.1, 0.15) is 11.4 Å². The summed E-state index contributed by atoms with van der Waals surface area (Å²) in [5, 5.41) is 5.85. The van der Waals surface area contributed by atoms with E-state index in [1.807, 2.05) is 11.5 Å². The van der Waals surface area contributed by atoms with Gasteiger partial charge in [0.25, 0.3) is 11.8 Å². The van der Waals surface area contributed by atoms with E-state index in [4.69, 9.17) is 9.72 Å². The number of hydrogen-bond acceptors (Lipinski definition) is 6. The number of aryl methyl sites for hydroxylation is 1. The molecule has 1 saturated heterocycles. The van der Waals surface area contributed by atoms with E-state index in [0.29, 0.717) is 47.1 Å². The first-order valence-corrected chi connectivity index (χ1v) is 11.6. The first-order valence-electron chi connectivity index (χ1n) is 11.6. The minimum Gasteiger partial charge on any atom is -0.481 e. The molecule has 3 aromatic rings. The van der Waals surface area contributed by atoms with Crippen LogP contribution in [0.1, 0.15) is 41.4 Å². The van der Waals surface area contributed by atoms with Crippen LogP contribution in [-0.2, 0) is 9.59 Å². The molecule has 5 rings (SSSR count). The molecular weight excluding hydrogens is 448 g/mol. The number of nitrogens with zero attached hydrogens (tertiary/aromatic N) is 4. The number of benzene rings is 1. The van der Waals surface area contributed by atoms with Gasteiger partial charge in [0.05, 0.1) is 17.1 Å². The number of rotatable bonds is 4. The van der Waals surface area contributed by atoms with E-state index in [9.17, 15) is 14.4 Å². The Morgan fingerprint density at radius 2 is 2.14 bits per heavy atom. The van der Waals surface area contributed by atoms with Gasteiger partial charge in [0, 0.05) is 30.5 Å². The Bertz CT molecular complexity index is 1350. The number of hydrogen-bond donors (Lipinski definition) is 2. The molecule has 0 unspecified atom stereocenters. The molecule has 2 aromatic heterocycles. The zero-order valence-electron chi connectivity index (χ0n) is 19.4. The third-order valence-corrected chi connectivity index (χ3v) is 6.32. The number of carbonyl (C=O) groups is 3. The van der Waals surface area contributed by atoms with Gasteiger partial charge >= 0.3 is 0 Å². The van der Waals surface area contributed by atoms with Crippen LogP contribution in [0.3, 0.4) is 0 Å². The molecule has 2 N–H and O–H groups in total. The Morgan fingerprint density at radius 3 is 2.94 bits per heavy atom. The van der Waals surface area contributed by atoms with Crippen LogP contribution in [-0.4, -0.2) is 56.9 Å². The molecule has 4 heterocycles. The lowest BCUT2D eigenvalue weighted by molar-refractivity contribution is -0.126. The number of likely N-dealkylation sites (tertiary alicyclic amines) is 1. The fraction of sp³-hybridized carbons (Fsp3) is 0.320. The summed E-state index contributed by atoms with van der Waals surface area (Å²) >= 11 is 0. The third-order valence-electron chi connectivity index (χ3n) is 6.32. The van der Waals surface area contributed by atoms with Gasteiger partial charge in [0.15, 0.2) is 6.61 Å². The van der Waals surface area contributed by atoms with Crippen LogP contribution >= 0.6 is 0 Å². The predicted octanol–water partition coefficient (Wildman–Crippen LogP) is 3.06. The normalized spacial score (nSPS) is 17.7. The van der Waals surface area contributed by atoms with Crippen molar-refractivity contribution >= 4 is 40.4 Å². The maximum Gasteiger partial charge on any atom is 0.262 e. The average Bonchev–Trinajstić information content (AvgIpc) is 3.04. The van der Waals surface area contributed by atoms with Gasteiger partial charge in [-0.15, -0.1) is 0 Å². The molecule has 0 bridgehead atoms. The maximum absolute atomic E-state index is 13.1. The van der Waals surface area contributed by atoms with Gasteiger partial charge in [-0.05, 0) is 56.5 Å². The topological polar surface area (TPSA) is 118 Å². The summed E-state index contributed by atoms with van der Waals surface area (Å²) in [7, 11) is 0. The Kier molecular flexibility index (Phi) is 5.94. The first-order chi connectivity index (χ1) is 16.9. The molecule has 2 aliphatic heterocycles. The molecule has 0 radical (unpaired) electrons. The van der Waals surface area contributed by atoms with E-state index in [0.717, 1.165) is 25.0 Å². The fourth-order valence-corrected chi connectivity index (χ4v) is 4.69. The molecule has 1 fully saturated rings. The molecule has 2 aliphatic rings. The van der Waals surface area contributed by atoms with Gasteiger partial charge in [-0.3, -0.25) is 24.7 Å². The van der Waals surface area contributed by atoms with E-state index in [1.165, 1.54) is 6.08 Å². The Labute approximate surface area is 202 Å². The molecular formula is C25H26N6O4. The van der Waals surface area contributed by atoms with Crippen molar-refractivity contribution in [2.45, 2.75) is 32.2 Å². The summed E-state index contributed by atoms with van der Waals surface area (Å²) in [6.45, 7) is 6.43. The van der Waals surface area contributed by atoms with Crippen LogP contribution in [0.15, 0.2) is 43.1 Å². The smallest absolute Gasteiger partial charge is 0.262 e. The maximum atomic E-state index is 13.1. The number of pyridine rings is 1. The van der Waals surface area contributed by atoms with Gasteiger partial charge in [-0.1, -0.05) is 6.58 Å². The number of imidazole rings is 1. The van der Waals surface area contributed by atoms with E-state index in [2.05, 4.69) is 22.2 Å². The quantitative estimate of drug-likeness (QED) is 0.561. The summed E-state index contributed by atoms with van der Waals surface area (Å²) in [5.41, 5.74) is 2.94. The highest BCUT2D eigenvalue weighted by molar-refractivity contribution is 6.07. The molecule has 1 aromatic carbocycles. The van der Waals surface area contributed by atoms with Crippen molar-refractivity contribution in [3.05, 3.63) is 54.4 Å². The van der Waals surface area contributed by atoms with Crippen molar-refractivity contribution in [3.63, 3.8) is 0 Å². The summed E-state index contributed by atoms with van der Waals surface area (Å²) in [6, 6.07) is 6.71.